The van der Waals surface area contributed by atoms with Crippen molar-refractivity contribution in [3.8, 4) is 0 Å². The van der Waals surface area contributed by atoms with Crippen LogP contribution in [0.25, 0.3) is 0 Å². The Balaban J connectivity index is 4.24. The summed E-state index contributed by atoms with van der Waals surface area (Å²) in [6.07, 6.45) is 53.1. The number of unbranched alkanes of at least 4 members (excludes halogenated alkanes) is 25. The maximum Gasteiger partial charge on any atom is 0.472 e. The summed E-state index contributed by atoms with van der Waals surface area (Å²) in [4.78, 5) is 22.7. The molecule has 56 heavy (non-hydrogen) atoms. The van der Waals surface area contributed by atoms with Gasteiger partial charge in [0.25, 0.3) is 0 Å². The van der Waals surface area contributed by atoms with E-state index < -0.39 is 20.0 Å². The quantitative estimate of drug-likeness (QED) is 0.0274. The lowest BCUT2D eigenvalue weighted by atomic mass is 10.0. The zero-order chi connectivity index (χ0) is 41.1. The number of aliphatic hydroxyl groups is 1. The molecule has 8 nitrogen and oxygen atoms in total. The van der Waals surface area contributed by atoms with E-state index >= 15 is 0 Å². The van der Waals surface area contributed by atoms with Crippen LogP contribution in [0.4, 0.5) is 0 Å². The Morgan fingerprint density at radius 2 is 1.00 bits per heavy atom. The van der Waals surface area contributed by atoms with E-state index in [-0.39, 0.29) is 25.7 Å². The molecule has 5 N–H and O–H groups in total. The molecule has 0 saturated heterocycles. The number of carbonyl (C=O) groups is 1. The van der Waals surface area contributed by atoms with E-state index in [1.54, 1.807) is 6.08 Å². The number of rotatable bonds is 43. The molecule has 3 unspecified atom stereocenters. The first-order valence-corrected chi connectivity index (χ1v) is 24.8. The minimum absolute atomic E-state index is 0.0715. The van der Waals surface area contributed by atoms with Crippen molar-refractivity contribution in [2.45, 2.75) is 225 Å². The normalized spacial score (nSPS) is 14.4. The average Bonchev–Trinajstić information content (AvgIpc) is 3.19. The molecular formula is C47H89N2O6P. The van der Waals surface area contributed by atoms with Crippen LogP contribution in [-0.2, 0) is 18.4 Å². The van der Waals surface area contributed by atoms with Crippen LogP contribution in [0.2, 0.25) is 0 Å². The monoisotopic (exact) mass is 809 g/mol. The van der Waals surface area contributed by atoms with Crippen LogP contribution < -0.4 is 11.1 Å². The summed E-state index contributed by atoms with van der Waals surface area (Å²) in [6, 6.07) is -0.882. The second kappa shape index (κ2) is 43.0. The van der Waals surface area contributed by atoms with Crippen molar-refractivity contribution >= 4 is 13.7 Å². The zero-order valence-electron chi connectivity index (χ0n) is 36.4. The SMILES string of the molecule is CCCCCC/C=C\C/C=C\CCCCCCCCCC(=O)NC(COP(=O)(O)OCCN)C(O)/C=C/CC/C=C/CCCCCCCCCCCCCCC. The predicted octanol–water partition coefficient (Wildman–Crippen LogP) is 13.3. The van der Waals surface area contributed by atoms with E-state index in [2.05, 4.69) is 55.6 Å². The number of hydrogen-bond donors (Lipinski definition) is 4. The Kier molecular flexibility index (Phi) is 41.9. The fraction of sp³-hybridized carbons (Fsp3) is 0.809. The summed E-state index contributed by atoms with van der Waals surface area (Å²) < 4.78 is 22.1. The Labute approximate surface area is 345 Å². The van der Waals surface area contributed by atoms with Crippen LogP contribution in [0.1, 0.15) is 213 Å². The highest BCUT2D eigenvalue weighted by molar-refractivity contribution is 7.47. The Hall–Kier alpha value is -1.54. The van der Waals surface area contributed by atoms with E-state index in [1.807, 2.05) is 6.08 Å². The van der Waals surface area contributed by atoms with Gasteiger partial charge in [-0.05, 0) is 64.2 Å². The average molecular weight is 809 g/mol. The molecular weight excluding hydrogens is 719 g/mol. The third-order valence-electron chi connectivity index (χ3n) is 10.1. The third-order valence-corrected chi connectivity index (χ3v) is 11.1. The molecule has 0 aromatic carbocycles. The van der Waals surface area contributed by atoms with E-state index in [0.717, 1.165) is 57.8 Å². The van der Waals surface area contributed by atoms with Crippen LogP contribution in [0, 0.1) is 0 Å². The minimum Gasteiger partial charge on any atom is -0.387 e. The number of phosphoric ester groups is 1. The van der Waals surface area contributed by atoms with Crippen LogP contribution in [0.15, 0.2) is 48.6 Å². The molecule has 0 fully saturated rings. The molecule has 0 aliphatic carbocycles. The molecule has 0 aliphatic rings. The van der Waals surface area contributed by atoms with Gasteiger partial charge in [0.05, 0.1) is 25.4 Å². The number of nitrogens with two attached hydrogens (primary N) is 1. The molecule has 328 valence electrons. The molecule has 3 atom stereocenters. The van der Waals surface area contributed by atoms with Gasteiger partial charge in [0.2, 0.25) is 5.91 Å². The van der Waals surface area contributed by atoms with Gasteiger partial charge in [-0.1, -0.05) is 191 Å². The van der Waals surface area contributed by atoms with Crippen molar-refractivity contribution in [1.29, 1.82) is 0 Å². The van der Waals surface area contributed by atoms with Gasteiger partial charge in [-0.2, -0.15) is 0 Å². The van der Waals surface area contributed by atoms with Crippen LogP contribution in [0.3, 0.4) is 0 Å². The van der Waals surface area contributed by atoms with Gasteiger partial charge in [0.1, 0.15) is 0 Å². The van der Waals surface area contributed by atoms with Crippen molar-refractivity contribution in [3.63, 3.8) is 0 Å². The number of nitrogens with one attached hydrogen (secondary N) is 1. The second-order valence-electron chi connectivity index (χ2n) is 15.6. The van der Waals surface area contributed by atoms with Gasteiger partial charge < -0.3 is 21.1 Å². The second-order valence-corrected chi connectivity index (χ2v) is 17.1. The van der Waals surface area contributed by atoms with Gasteiger partial charge in [-0.15, -0.1) is 0 Å². The van der Waals surface area contributed by atoms with E-state index in [4.69, 9.17) is 14.8 Å². The van der Waals surface area contributed by atoms with Gasteiger partial charge in [0.15, 0.2) is 0 Å². The molecule has 0 aromatic heterocycles. The fourth-order valence-electron chi connectivity index (χ4n) is 6.59. The van der Waals surface area contributed by atoms with Crippen LogP contribution >= 0.6 is 7.82 Å². The predicted molar refractivity (Wildman–Crippen MR) is 240 cm³/mol. The first-order valence-electron chi connectivity index (χ1n) is 23.3. The lowest BCUT2D eigenvalue weighted by Crippen LogP contribution is -2.45. The van der Waals surface area contributed by atoms with Crippen molar-refractivity contribution in [1.82, 2.24) is 5.32 Å². The molecule has 9 heteroatoms. The maximum absolute atomic E-state index is 12.8. The van der Waals surface area contributed by atoms with Gasteiger partial charge in [-0.3, -0.25) is 13.8 Å². The first kappa shape index (κ1) is 54.5. The number of aliphatic hydroxyl groups excluding tert-OH is 1. The number of phosphoric acid groups is 1. The summed E-state index contributed by atoms with van der Waals surface area (Å²) in [7, 11) is -4.35. The molecule has 0 aromatic rings. The summed E-state index contributed by atoms with van der Waals surface area (Å²) in [5, 5.41) is 13.7. The lowest BCUT2D eigenvalue weighted by Gasteiger charge is -2.23. The number of amides is 1. The number of hydrogen-bond acceptors (Lipinski definition) is 6. The standard InChI is InChI=1S/C47H89N2O6P/c1-3-5-7-9-11-13-15-17-19-21-23-24-26-28-30-32-34-36-38-40-46(50)45(44-55-56(52,53)54-43-42-48)49-47(51)41-39-37-35-33-31-29-27-25-22-20-18-16-14-12-10-8-6-4-2/h14,16,20,22,30,32,38,40,45-46,50H,3-13,15,17-19,21,23-29,31,33-37,39,41-44,48H2,1-2H3,(H,49,51)(H,52,53)/b16-14-,22-20-,32-30+,40-38+. The minimum atomic E-state index is -4.35. The van der Waals surface area contributed by atoms with E-state index in [0.29, 0.717) is 6.42 Å². The number of allylic oxidation sites excluding steroid dienone is 7. The van der Waals surface area contributed by atoms with Crippen molar-refractivity contribution in [2.75, 3.05) is 19.8 Å². The highest BCUT2D eigenvalue weighted by atomic mass is 31.2. The molecule has 0 bridgehead atoms. The summed E-state index contributed by atoms with van der Waals surface area (Å²) in [5.74, 6) is -0.212. The molecule has 0 radical (unpaired) electrons. The van der Waals surface area contributed by atoms with Crippen LogP contribution in [-0.4, -0.2) is 47.8 Å². The zero-order valence-corrected chi connectivity index (χ0v) is 37.3. The van der Waals surface area contributed by atoms with E-state index in [1.165, 1.54) is 135 Å². The molecule has 0 rings (SSSR count). The Morgan fingerprint density at radius 1 is 0.589 bits per heavy atom. The van der Waals surface area contributed by atoms with Crippen molar-refractivity contribution in [2.24, 2.45) is 5.73 Å². The highest BCUT2D eigenvalue weighted by Gasteiger charge is 2.26. The first-order chi connectivity index (χ1) is 27.4. The summed E-state index contributed by atoms with van der Waals surface area (Å²) in [6.45, 7) is 4.10. The van der Waals surface area contributed by atoms with Crippen molar-refractivity contribution in [3.05, 3.63) is 48.6 Å². The van der Waals surface area contributed by atoms with Gasteiger partial charge in [0, 0.05) is 13.0 Å². The highest BCUT2D eigenvalue weighted by Crippen LogP contribution is 2.43. The summed E-state index contributed by atoms with van der Waals surface area (Å²) >= 11 is 0. The Morgan fingerprint density at radius 3 is 1.50 bits per heavy atom. The molecule has 0 spiro atoms. The smallest absolute Gasteiger partial charge is 0.387 e. The topological polar surface area (TPSA) is 131 Å². The molecule has 1 amide bonds. The lowest BCUT2D eigenvalue weighted by molar-refractivity contribution is -0.123. The fourth-order valence-corrected chi connectivity index (χ4v) is 7.35. The van der Waals surface area contributed by atoms with E-state index in [9.17, 15) is 19.4 Å². The van der Waals surface area contributed by atoms with Gasteiger partial charge >= 0.3 is 7.82 Å². The number of carbonyl (C=O) groups excluding carboxylic acids is 1. The summed E-state index contributed by atoms with van der Waals surface area (Å²) in [5.41, 5.74) is 5.38. The van der Waals surface area contributed by atoms with Crippen LogP contribution in [0.5, 0.6) is 0 Å². The maximum atomic E-state index is 12.8. The van der Waals surface area contributed by atoms with Crippen molar-refractivity contribution < 1.29 is 28.4 Å². The Bertz CT molecular complexity index is 1020. The molecule has 0 aliphatic heterocycles. The molecule has 0 saturated carbocycles. The third kappa shape index (κ3) is 40.6. The molecule has 0 heterocycles. The largest absolute Gasteiger partial charge is 0.472 e. The van der Waals surface area contributed by atoms with Gasteiger partial charge in [-0.25, -0.2) is 4.57 Å².